The molecule has 4 nitrogen and oxygen atoms in total. The average Bonchev–Trinajstić information content (AvgIpc) is 2.31. The number of methoxy groups -OCH3 is 1. The fourth-order valence-electron chi connectivity index (χ4n) is 1.52. The highest BCUT2D eigenvalue weighted by molar-refractivity contribution is 9.10. The van der Waals surface area contributed by atoms with Gasteiger partial charge in [0.1, 0.15) is 6.10 Å². The summed E-state index contributed by atoms with van der Waals surface area (Å²) in [6.07, 6.45) is -0.597. The summed E-state index contributed by atoms with van der Waals surface area (Å²) in [7, 11) is 1.47. The molecule has 5 heteroatoms. The van der Waals surface area contributed by atoms with E-state index in [1.807, 2.05) is 31.2 Å². The molecular weight excluding hydrogens is 284 g/mol. The van der Waals surface area contributed by atoms with E-state index >= 15 is 0 Å². The van der Waals surface area contributed by atoms with Crippen molar-refractivity contribution in [1.29, 1.82) is 0 Å². The summed E-state index contributed by atoms with van der Waals surface area (Å²) in [5.41, 5.74) is 6.45. The Balaban J connectivity index is 2.70. The smallest absolute Gasteiger partial charge is 0.250 e. The van der Waals surface area contributed by atoms with Crippen molar-refractivity contribution in [3.05, 3.63) is 34.3 Å². The van der Waals surface area contributed by atoms with Gasteiger partial charge in [0.15, 0.2) is 0 Å². The Morgan fingerprint density at radius 2 is 2.18 bits per heavy atom. The van der Waals surface area contributed by atoms with Crippen molar-refractivity contribution in [1.82, 2.24) is 5.32 Å². The second-order valence-electron chi connectivity index (χ2n) is 3.71. The second kappa shape index (κ2) is 6.74. The zero-order valence-electron chi connectivity index (χ0n) is 9.94. The quantitative estimate of drug-likeness (QED) is 0.868. The topological polar surface area (TPSA) is 64.3 Å². The molecule has 0 fully saturated rings. The van der Waals surface area contributed by atoms with Crippen molar-refractivity contribution in [2.24, 2.45) is 5.73 Å². The van der Waals surface area contributed by atoms with Gasteiger partial charge < -0.3 is 15.8 Å². The van der Waals surface area contributed by atoms with Gasteiger partial charge in [-0.1, -0.05) is 34.1 Å². The third-order valence-electron chi connectivity index (χ3n) is 2.52. The second-order valence-corrected chi connectivity index (χ2v) is 4.57. The summed E-state index contributed by atoms with van der Waals surface area (Å²) >= 11 is 3.45. The van der Waals surface area contributed by atoms with E-state index in [0.29, 0.717) is 0 Å². The zero-order chi connectivity index (χ0) is 12.8. The molecule has 94 valence electrons. The fraction of sp³-hybridized carbons (Fsp3) is 0.417. The molecule has 0 aromatic heterocycles. The van der Waals surface area contributed by atoms with Gasteiger partial charge in [0.05, 0.1) is 6.04 Å². The number of hydrogen-bond acceptors (Lipinski definition) is 3. The molecule has 0 aliphatic carbocycles. The van der Waals surface area contributed by atoms with Gasteiger partial charge >= 0.3 is 0 Å². The maximum atomic E-state index is 11.8. The largest absolute Gasteiger partial charge is 0.370 e. The van der Waals surface area contributed by atoms with Crippen LogP contribution in [0.2, 0.25) is 0 Å². The van der Waals surface area contributed by atoms with Crippen LogP contribution in [0.1, 0.15) is 18.5 Å². The minimum Gasteiger partial charge on any atom is -0.370 e. The number of nitrogens with one attached hydrogen (secondary N) is 1. The number of carbonyl (C=O) groups excluding carboxylic acids is 1. The minimum absolute atomic E-state index is 0.0951. The summed E-state index contributed by atoms with van der Waals surface area (Å²) < 4.78 is 5.95. The van der Waals surface area contributed by atoms with Gasteiger partial charge in [-0.25, -0.2) is 0 Å². The minimum atomic E-state index is -0.597. The Hall–Kier alpha value is -0.910. The molecule has 1 rings (SSSR count). The number of carbonyl (C=O) groups is 1. The van der Waals surface area contributed by atoms with Crippen LogP contribution in [0.15, 0.2) is 28.7 Å². The number of rotatable bonds is 5. The molecule has 2 unspecified atom stereocenters. The van der Waals surface area contributed by atoms with Gasteiger partial charge in [-0.15, -0.1) is 0 Å². The summed E-state index contributed by atoms with van der Waals surface area (Å²) in [6.45, 7) is 2.09. The molecule has 0 spiro atoms. The average molecular weight is 301 g/mol. The predicted octanol–water partition coefficient (Wildman–Crippen LogP) is 1.60. The number of nitrogens with two attached hydrogens (primary N) is 1. The first-order chi connectivity index (χ1) is 8.10. The van der Waals surface area contributed by atoms with Crippen LogP contribution in [0, 0.1) is 0 Å². The summed E-state index contributed by atoms with van der Waals surface area (Å²) in [5, 5.41) is 2.86. The van der Waals surface area contributed by atoms with Crippen LogP contribution in [0.3, 0.4) is 0 Å². The molecule has 0 aliphatic rings. The molecule has 1 amide bonds. The number of benzene rings is 1. The highest BCUT2D eigenvalue weighted by Gasteiger charge is 2.19. The first-order valence-electron chi connectivity index (χ1n) is 5.37. The monoisotopic (exact) mass is 300 g/mol. The SMILES string of the molecule is COC(CN)C(=O)NC(C)c1ccccc1Br. The van der Waals surface area contributed by atoms with Crippen molar-refractivity contribution in [2.45, 2.75) is 19.1 Å². The standard InChI is InChI=1S/C12H17BrN2O2/c1-8(9-5-3-4-6-10(9)13)15-12(16)11(7-14)17-2/h3-6,8,11H,7,14H2,1-2H3,(H,15,16). The lowest BCUT2D eigenvalue weighted by Crippen LogP contribution is -2.41. The molecule has 0 saturated heterocycles. The van der Waals surface area contributed by atoms with Crippen molar-refractivity contribution in [2.75, 3.05) is 13.7 Å². The third kappa shape index (κ3) is 3.80. The van der Waals surface area contributed by atoms with Crippen LogP contribution >= 0.6 is 15.9 Å². The van der Waals surface area contributed by atoms with E-state index in [1.165, 1.54) is 7.11 Å². The molecular formula is C12H17BrN2O2. The maximum absolute atomic E-state index is 11.8. The molecule has 0 saturated carbocycles. The number of amides is 1. The van der Waals surface area contributed by atoms with E-state index in [1.54, 1.807) is 0 Å². The van der Waals surface area contributed by atoms with Gasteiger partial charge in [0.2, 0.25) is 0 Å². The Labute approximate surface area is 110 Å². The van der Waals surface area contributed by atoms with Gasteiger partial charge in [-0.05, 0) is 18.6 Å². The highest BCUT2D eigenvalue weighted by Crippen LogP contribution is 2.22. The molecule has 1 aromatic carbocycles. The molecule has 3 N–H and O–H groups in total. The van der Waals surface area contributed by atoms with Gasteiger partial charge in [-0.2, -0.15) is 0 Å². The number of hydrogen-bond donors (Lipinski definition) is 2. The Morgan fingerprint density at radius 3 is 2.71 bits per heavy atom. The lowest BCUT2D eigenvalue weighted by Gasteiger charge is -2.19. The van der Waals surface area contributed by atoms with Crippen molar-refractivity contribution < 1.29 is 9.53 Å². The third-order valence-corrected chi connectivity index (χ3v) is 3.24. The first-order valence-corrected chi connectivity index (χ1v) is 6.17. The Bertz CT molecular complexity index is 381. The molecule has 0 bridgehead atoms. The van der Waals surface area contributed by atoms with E-state index in [0.717, 1.165) is 10.0 Å². The molecule has 17 heavy (non-hydrogen) atoms. The van der Waals surface area contributed by atoms with Crippen LogP contribution < -0.4 is 11.1 Å². The summed E-state index contributed by atoms with van der Waals surface area (Å²) in [6, 6.07) is 7.66. The lowest BCUT2D eigenvalue weighted by atomic mass is 10.1. The van der Waals surface area contributed by atoms with Crippen molar-refractivity contribution in [3.8, 4) is 0 Å². The van der Waals surface area contributed by atoms with E-state index in [-0.39, 0.29) is 18.5 Å². The number of ether oxygens (including phenoxy) is 1. The van der Waals surface area contributed by atoms with Gasteiger partial charge in [-0.3, -0.25) is 4.79 Å². The number of halogens is 1. The maximum Gasteiger partial charge on any atom is 0.250 e. The molecule has 1 aromatic rings. The van der Waals surface area contributed by atoms with Crippen LogP contribution in [0.5, 0.6) is 0 Å². The Morgan fingerprint density at radius 1 is 1.53 bits per heavy atom. The van der Waals surface area contributed by atoms with Gasteiger partial charge in [0, 0.05) is 18.1 Å². The van der Waals surface area contributed by atoms with E-state index in [9.17, 15) is 4.79 Å². The molecule has 0 radical (unpaired) electrons. The van der Waals surface area contributed by atoms with Crippen LogP contribution in [-0.2, 0) is 9.53 Å². The molecule has 0 aliphatic heterocycles. The zero-order valence-corrected chi connectivity index (χ0v) is 11.5. The predicted molar refractivity (Wildman–Crippen MR) is 70.6 cm³/mol. The summed E-state index contributed by atoms with van der Waals surface area (Å²) in [5.74, 6) is -0.196. The first kappa shape index (κ1) is 14.2. The van der Waals surface area contributed by atoms with E-state index < -0.39 is 6.10 Å². The summed E-state index contributed by atoms with van der Waals surface area (Å²) in [4.78, 5) is 11.8. The molecule has 0 heterocycles. The fourth-order valence-corrected chi connectivity index (χ4v) is 2.15. The van der Waals surface area contributed by atoms with Crippen molar-refractivity contribution >= 4 is 21.8 Å². The lowest BCUT2D eigenvalue weighted by molar-refractivity contribution is -0.131. The van der Waals surface area contributed by atoms with E-state index in [2.05, 4.69) is 21.2 Å². The van der Waals surface area contributed by atoms with Gasteiger partial charge in [0.25, 0.3) is 5.91 Å². The molecule has 2 atom stereocenters. The van der Waals surface area contributed by atoms with E-state index in [4.69, 9.17) is 10.5 Å². The highest BCUT2D eigenvalue weighted by atomic mass is 79.9. The normalized spacial score (nSPS) is 14.1. The van der Waals surface area contributed by atoms with Crippen LogP contribution in [0.25, 0.3) is 0 Å². The van der Waals surface area contributed by atoms with Crippen LogP contribution in [-0.4, -0.2) is 25.7 Å². The Kier molecular flexibility index (Phi) is 5.61. The van der Waals surface area contributed by atoms with Crippen molar-refractivity contribution in [3.63, 3.8) is 0 Å². The van der Waals surface area contributed by atoms with Crippen LogP contribution in [0.4, 0.5) is 0 Å².